The van der Waals surface area contributed by atoms with Crippen LogP contribution in [0.3, 0.4) is 0 Å². The van der Waals surface area contributed by atoms with Gasteiger partial charge >= 0.3 is 42.6 Å². The normalized spacial score (nSPS) is 29.5. The summed E-state index contributed by atoms with van der Waals surface area (Å²) in [6.07, 6.45) is -14.1. The number of methoxy groups -OCH3 is 1. The molecule has 0 aromatic carbocycles. The van der Waals surface area contributed by atoms with Crippen molar-refractivity contribution in [1.29, 1.82) is 0 Å². The number of aliphatic hydroxyl groups is 3. The highest BCUT2D eigenvalue weighted by atomic mass is 31.3. The van der Waals surface area contributed by atoms with Gasteiger partial charge in [-0.2, -0.15) is 8.62 Å². The van der Waals surface area contributed by atoms with Gasteiger partial charge in [-0.05, 0) is 0 Å². The van der Waals surface area contributed by atoms with Gasteiger partial charge in [-0.1, -0.05) is 4.98 Å². The molecule has 0 aliphatic carbocycles. The summed E-state index contributed by atoms with van der Waals surface area (Å²) in [5.74, 6) is -1.85. The summed E-state index contributed by atoms with van der Waals surface area (Å²) in [7, 11) is -16.6. The van der Waals surface area contributed by atoms with E-state index < -0.39 is 154 Å². The zero-order chi connectivity index (χ0) is 57.0. The Balaban J connectivity index is 0.958. The van der Waals surface area contributed by atoms with Crippen LogP contribution in [-0.4, -0.2) is 186 Å². The summed E-state index contributed by atoms with van der Waals surface area (Å²) in [6.45, 7) is -3.34. The molecule has 38 nitrogen and oxygen atoms in total. The third-order valence-corrected chi connectivity index (χ3v) is 17.5. The van der Waals surface area contributed by atoms with Crippen LogP contribution in [0.4, 0.5) is 11.8 Å². The highest BCUT2D eigenvalue weighted by Crippen LogP contribution is 2.68. The molecule has 3 saturated heterocycles. The van der Waals surface area contributed by atoms with Gasteiger partial charge in [-0.15, -0.1) is 0 Å². The fourth-order valence-corrected chi connectivity index (χ4v) is 13.2. The maximum atomic E-state index is 13.7. The van der Waals surface area contributed by atoms with Crippen LogP contribution in [0.5, 0.6) is 0 Å². The zero-order valence-corrected chi connectivity index (χ0v) is 44.6. The second-order valence-corrected chi connectivity index (χ2v) is 23.6. The van der Waals surface area contributed by atoms with E-state index in [9.17, 15) is 72.3 Å². The summed E-state index contributed by atoms with van der Waals surface area (Å²) >= 11 is 0. The Morgan fingerprint density at radius 2 is 1.47 bits per heavy atom. The molecule has 0 radical (unpaired) electrons. The molecule has 1 amide bonds. The first-order valence-electron chi connectivity index (χ1n) is 22.5. The SMILES string of the molecule is CNc1ncnc2c1ncn2[C@@H]1OC(COP(=O)(O)OP(=O)(O)OP(=O)(O)OC[C@H]2O[C@@H]([n+]3cn(C)c4c(=O)[nH]c(N)nc43)[C@H](O)[C@@H]2CC(=O)N(C)C)[C@@H](OP(=O)(O)OC[C@H]2O[C@@H](n3ccc(=O)[nH]c3=O)[C@H](O)[C@@H]2O)[C@H]1OC. The number of carbonyl (C=O) groups is 1. The van der Waals surface area contributed by atoms with Gasteiger partial charge in [0.25, 0.3) is 17.1 Å². The number of ether oxygens (including phenoxy) is 4. The van der Waals surface area contributed by atoms with Crippen LogP contribution in [0.15, 0.2) is 45.6 Å². The quantitative estimate of drug-likeness (QED) is 0.0235. The monoisotopic (exact) mass is 1190 g/mol. The third kappa shape index (κ3) is 12.6. The molecule has 78 heavy (non-hydrogen) atoms. The second kappa shape index (κ2) is 22.8. The summed E-state index contributed by atoms with van der Waals surface area (Å²) in [5, 5.41) is 35.6. The van der Waals surface area contributed by atoms with E-state index in [-0.39, 0.29) is 34.1 Å². The summed E-state index contributed by atoms with van der Waals surface area (Å²) in [5.41, 5.74) is 3.46. The Kier molecular flexibility index (Phi) is 17.2. The fourth-order valence-electron chi connectivity index (χ4n) is 8.68. The predicted molar refractivity (Wildman–Crippen MR) is 254 cm³/mol. The second-order valence-electron chi connectivity index (χ2n) is 17.6. The number of carbonyl (C=O) groups excluding carboxylic acids is 1. The average Bonchev–Trinajstić information content (AvgIpc) is 4.18. The van der Waals surface area contributed by atoms with E-state index in [0.717, 1.165) is 30.3 Å². The Labute approximate surface area is 435 Å². The minimum atomic E-state index is -6.23. The van der Waals surface area contributed by atoms with Crippen molar-refractivity contribution in [3.05, 3.63) is 62.4 Å². The van der Waals surface area contributed by atoms with Gasteiger partial charge in [0, 0.05) is 52.9 Å². The van der Waals surface area contributed by atoms with Crippen LogP contribution in [0, 0.1) is 5.92 Å². The van der Waals surface area contributed by atoms with Crippen molar-refractivity contribution in [2.45, 2.75) is 73.9 Å². The van der Waals surface area contributed by atoms with Crippen LogP contribution in [-0.2, 0) is 75.8 Å². The first kappa shape index (κ1) is 59.0. The molecule has 0 bridgehead atoms. The van der Waals surface area contributed by atoms with Crippen LogP contribution < -0.4 is 32.4 Å². The summed E-state index contributed by atoms with van der Waals surface area (Å²) < 4.78 is 110. The molecule has 8 rings (SSSR count). The fraction of sp³-hybridized carbons (Fsp3) is 0.583. The number of aromatic amines is 2. The van der Waals surface area contributed by atoms with Gasteiger partial charge in [0.15, 0.2) is 30.2 Å². The number of nitrogen functional groups attached to an aromatic ring is 1. The lowest BCUT2D eigenvalue weighted by molar-refractivity contribution is -0.745. The number of amides is 1. The zero-order valence-electron chi connectivity index (χ0n) is 41.0. The van der Waals surface area contributed by atoms with Crippen molar-refractivity contribution in [3.63, 3.8) is 0 Å². The van der Waals surface area contributed by atoms with Gasteiger partial charge in [-0.25, -0.2) is 42.6 Å². The molecule has 0 saturated carbocycles. The molecule has 3 aliphatic rings. The third-order valence-electron chi connectivity index (χ3n) is 12.3. The molecule has 3 fully saturated rings. The lowest BCUT2D eigenvalue weighted by Gasteiger charge is -2.26. The number of hydrogen-bond donors (Lipinski definition) is 11. The molecule has 3 aliphatic heterocycles. The molecule has 5 aromatic rings. The Hall–Kier alpha value is -5.11. The molecule has 42 heteroatoms. The number of hydrogen-bond acceptors (Lipinski definition) is 27. The molecule has 430 valence electrons. The number of fused-ring (bicyclic) bond motifs is 2. The van der Waals surface area contributed by atoms with Crippen molar-refractivity contribution in [2.75, 3.05) is 59.1 Å². The highest BCUT2D eigenvalue weighted by Gasteiger charge is 2.54. The van der Waals surface area contributed by atoms with E-state index in [0.29, 0.717) is 0 Å². The van der Waals surface area contributed by atoms with Gasteiger partial charge < -0.3 is 69.8 Å². The molecular formula is C36H52N13O25P4+. The lowest BCUT2D eigenvalue weighted by Crippen LogP contribution is -2.45. The van der Waals surface area contributed by atoms with Gasteiger partial charge in [0.2, 0.25) is 17.7 Å². The van der Waals surface area contributed by atoms with Gasteiger partial charge in [-0.3, -0.25) is 56.1 Å². The maximum Gasteiger partial charge on any atom is 0.490 e. The van der Waals surface area contributed by atoms with E-state index in [2.05, 4.69) is 38.9 Å². The van der Waals surface area contributed by atoms with E-state index in [1.54, 1.807) is 0 Å². The van der Waals surface area contributed by atoms with Crippen molar-refractivity contribution in [1.82, 2.24) is 48.5 Å². The van der Waals surface area contributed by atoms with Crippen molar-refractivity contribution in [3.8, 4) is 0 Å². The molecule has 5 unspecified atom stereocenters. The van der Waals surface area contributed by atoms with E-state index in [1.807, 2.05) is 4.98 Å². The lowest BCUT2D eigenvalue weighted by atomic mass is 9.94. The van der Waals surface area contributed by atoms with Crippen molar-refractivity contribution < 1.29 is 108 Å². The number of nitrogens with zero attached hydrogens (tertiary/aromatic N) is 9. The van der Waals surface area contributed by atoms with E-state index in [1.165, 1.54) is 59.4 Å². The number of aromatic nitrogens is 10. The molecular weight excluding hydrogens is 1140 g/mol. The molecule has 8 heterocycles. The van der Waals surface area contributed by atoms with Gasteiger partial charge in [0.1, 0.15) is 54.6 Å². The first-order chi connectivity index (χ1) is 36.5. The van der Waals surface area contributed by atoms with Crippen LogP contribution in [0.2, 0.25) is 0 Å². The topological polar surface area (TPSA) is 514 Å². The van der Waals surface area contributed by atoms with Crippen molar-refractivity contribution in [2.24, 2.45) is 13.0 Å². The molecule has 12 N–H and O–H groups in total. The minimum Gasteiger partial charge on any atom is -0.387 e. The van der Waals surface area contributed by atoms with Crippen LogP contribution >= 0.6 is 31.3 Å². The first-order valence-corrected chi connectivity index (χ1v) is 28.5. The maximum absolute atomic E-state index is 13.7. The van der Waals surface area contributed by atoms with E-state index >= 15 is 0 Å². The number of aliphatic hydroxyl groups excluding tert-OH is 3. The Morgan fingerprint density at radius 1 is 0.833 bits per heavy atom. The molecule has 5 aromatic heterocycles. The van der Waals surface area contributed by atoms with Crippen LogP contribution in [0.1, 0.15) is 25.1 Å². The average molecular weight is 1190 g/mol. The van der Waals surface area contributed by atoms with Gasteiger partial charge in [0.05, 0.1) is 39.3 Å². The number of imidazole rings is 2. The number of nitrogens with one attached hydrogen (secondary N) is 3. The number of anilines is 2. The highest BCUT2D eigenvalue weighted by molar-refractivity contribution is 7.66. The largest absolute Gasteiger partial charge is 0.490 e. The minimum absolute atomic E-state index is 0.00817. The number of nitrogens with two attached hydrogens (primary N) is 1. The smallest absolute Gasteiger partial charge is 0.387 e. The standard InChI is InChI=1S/C36H51N13O25P4/c1-38-28-21-29(40-12-39-28)48(13-41-21)34-27(65-5)26(72-75(57,58)66-10-17-24(53)25(54)33(70-17)47-7-6-19(50)42-36(47)56)18(71-34)11-68-77(61,62)74-78(63,64)73-76(59,60)67-9-16-15(8-20(51)45(2)3)23(52)32(69-16)49-14-46(4)22-30(49)43-35(37)44-31(22)55/h6-7,12-18,23-27,32-34,52-54H,8-11H2,1-5H3,(H8-,37,38,39,40,42,43,44,50,55,56,57,58,59,60,61,62,63,64)/p+1/t15-,16-,17-,18?,23-,24-,25-,26-,27-,32-,33-,34-/m1/s1. The van der Waals surface area contributed by atoms with Crippen molar-refractivity contribution >= 4 is 71.3 Å². The number of H-pyrrole nitrogens is 2. The number of phosphoric ester groups is 3. The summed E-state index contributed by atoms with van der Waals surface area (Å²) in [4.78, 5) is 114. The Morgan fingerprint density at radius 3 is 2.12 bits per heavy atom. The number of phosphoric acid groups is 4. The predicted octanol–water partition coefficient (Wildman–Crippen LogP) is -3.68. The molecule has 0 spiro atoms. The van der Waals surface area contributed by atoms with Crippen LogP contribution in [0.25, 0.3) is 22.3 Å². The Bertz CT molecular complexity index is 3430. The number of rotatable bonds is 22. The van der Waals surface area contributed by atoms with E-state index in [4.69, 9.17) is 42.8 Å². The molecule has 16 atom stereocenters. The number of aryl methyl sites for hydroxylation is 1. The summed E-state index contributed by atoms with van der Waals surface area (Å²) in [6, 6.07) is 0.925.